The smallest absolute Gasteiger partial charge is 0.194 e. The largest absolute Gasteiger partial charge is 0.343 e. The predicted molar refractivity (Wildman–Crippen MR) is 59.5 cm³/mol. The van der Waals surface area contributed by atoms with Gasteiger partial charge in [0.1, 0.15) is 10.5 Å². The molecule has 88 valence electrons. The molecule has 0 radical (unpaired) electrons. The molecule has 2 rings (SSSR count). The van der Waals surface area contributed by atoms with E-state index in [2.05, 4.69) is 9.97 Å². The molecule has 0 bridgehead atoms. The fourth-order valence-electron chi connectivity index (χ4n) is 1.45. The Balaban J connectivity index is 2.64. The van der Waals surface area contributed by atoms with E-state index in [0.717, 1.165) is 12.1 Å². The van der Waals surface area contributed by atoms with Gasteiger partial charge < -0.3 is 4.98 Å². The number of nitrogens with zero attached hydrogens (tertiary/aromatic N) is 1. The average Bonchev–Trinajstić information content (AvgIpc) is 2.23. The maximum Gasteiger partial charge on any atom is 0.194 e. The van der Waals surface area contributed by atoms with E-state index in [1.165, 1.54) is 6.07 Å². The summed E-state index contributed by atoms with van der Waals surface area (Å²) in [5.41, 5.74) is 0.568. The van der Waals surface area contributed by atoms with E-state index in [9.17, 15) is 13.2 Å². The number of benzene rings is 1. The van der Waals surface area contributed by atoms with Crippen LogP contribution in [-0.2, 0) is 0 Å². The number of rotatable bonds is 1. The molecule has 1 heterocycles. The number of aromatic amines is 1. The SMILES string of the molecule is Cc1nc(=S)cc(-c2cc(F)c(F)c(F)c2)[nH]1. The molecule has 2 aromatic rings. The van der Waals surface area contributed by atoms with Crippen molar-refractivity contribution < 1.29 is 13.2 Å². The Morgan fingerprint density at radius 2 is 1.71 bits per heavy atom. The van der Waals surface area contributed by atoms with Crippen molar-refractivity contribution in [2.75, 3.05) is 0 Å². The molecule has 1 N–H and O–H groups in total. The van der Waals surface area contributed by atoms with E-state index in [1.807, 2.05) is 0 Å². The van der Waals surface area contributed by atoms with E-state index in [-0.39, 0.29) is 5.56 Å². The topological polar surface area (TPSA) is 28.7 Å². The summed E-state index contributed by atoms with van der Waals surface area (Å²) in [6.07, 6.45) is 0. The second kappa shape index (κ2) is 4.29. The second-order valence-corrected chi connectivity index (χ2v) is 3.89. The molecule has 2 nitrogen and oxygen atoms in total. The van der Waals surface area contributed by atoms with Crippen LogP contribution in [0.25, 0.3) is 11.3 Å². The minimum absolute atomic E-state index is 0.179. The van der Waals surface area contributed by atoms with Gasteiger partial charge in [-0.05, 0) is 25.1 Å². The second-order valence-electron chi connectivity index (χ2n) is 3.47. The summed E-state index contributed by atoms with van der Waals surface area (Å²) in [6, 6.07) is 3.26. The Morgan fingerprint density at radius 3 is 2.24 bits per heavy atom. The lowest BCUT2D eigenvalue weighted by Crippen LogP contribution is -1.95. The Labute approximate surface area is 100 Å². The van der Waals surface area contributed by atoms with E-state index in [1.54, 1.807) is 6.92 Å². The summed E-state index contributed by atoms with van der Waals surface area (Å²) >= 11 is 4.89. The van der Waals surface area contributed by atoms with Gasteiger partial charge in [0.25, 0.3) is 0 Å². The van der Waals surface area contributed by atoms with E-state index >= 15 is 0 Å². The van der Waals surface area contributed by atoms with Gasteiger partial charge >= 0.3 is 0 Å². The van der Waals surface area contributed by atoms with Crippen LogP contribution >= 0.6 is 12.2 Å². The number of H-pyrrole nitrogens is 1. The summed E-state index contributed by atoms with van der Waals surface area (Å²) < 4.78 is 39.2. The maximum absolute atomic E-state index is 13.1. The van der Waals surface area contributed by atoms with Crippen molar-refractivity contribution in [2.24, 2.45) is 0 Å². The van der Waals surface area contributed by atoms with Gasteiger partial charge in [0.15, 0.2) is 17.5 Å². The number of hydrogen-bond acceptors (Lipinski definition) is 2. The summed E-state index contributed by atoms with van der Waals surface area (Å²) in [7, 11) is 0. The molecule has 0 saturated carbocycles. The van der Waals surface area contributed by atoms with Gasteiger partial charge in [0.05, 0.1) is 0 Å². The molecule has 0 amide bonds. The first-order valence-corrected chi connectivity index (χ1v) is 5.11. The highest BCUT2D eigenvalue weighted by Gasteiger charge is 2.12. The van der Waals surface area contributed by atoms with Crippen LogP contribution in [-0.4, -0.2) is 9.97 Å². The highest BCUT2D eigenvalue weighted by atomic mass is 32.1. The van der Waals surface area contributed by atoms with E-state index < -0.39 is 17.5 Å². The first kappa shape index (κ1) is 11.8. The maximum atomic E-state index is 13.1. The molecule has 1 aromatic carbocycles. The highest BCUT2D eigenvalue weighted by molar-refractivity contribution is 7.71. The standard InChI is InChI=1S/C11H7F3N2S/c1-5-15-9(4-10(17)16-5)6-2-7(12)11(14)8(13)3-6/h2-4H,1H3,(H,15,16,17). The molecule has 0 saturated heterocycles. The lowest BCUT2D eigenvalue weighted by atomic mass is 10.1. The molecule has 0 unspecified atom stereocenters. The number of aromatic nitrogens is 2. The number of hydrogen-bond donors (Lipinski definition) is 1. The molecule has 0 aliphatic rings. The molecular weight excluding hydrogens is 249 g/mol. The summed E-state index contributed by atoms with van der Waals surface area (Å²) in [5, 5.41) is 0. The van der Waals surface area contributed by atoms with Gasteiger partial charge in [-0.2, -0.15) is 0 Å². The zero-order valence-electron chi connectivity index (χ0n) is 8.72. The molecule has 0 spiro atoms. The Morgan fingerprint density at radius 1 is 1.12 bits per heavy atom. The molecule has 17 heavy (non-hydrogen) atoms. The third kappa shape index (κ3) is 2.36. The predicted octanol–water partition coefficient (Wildman–Crippen LogP) is 3.53. The third-order valence-electron chi connectivity index (χ3n) is 2.16. The fraction of sp³-hybridized carbons (Fsp3) is 0.0909. The summed E-state index contributed by atoms with van der Waals surface area (Å²) in [4.78, 5) is 6.72. The van der Waals surface area contributed by atoms with Crippen molar-refractivity contribution in [3.63, 3.8) is 0 Å². The normalized spacial score (nSPS) is 10.6. The molecule has 0 aliphatic carbocycles. The summed E-state index contributed by atoms with van der Waals surface area (Å²) in [6.45, 7) is 1.66. The minimum atomic E-state index is -1.49. The minimum Gasteiger partial charge on any atom is -0.343 e. The molecule has 1 aromatic heterocycles. The molecule has 6 heteroatoms. The Kier molecular flexibility index (Phi) is 2.97. The molecule has 0 aliphatic heterocycles. The van der Waals surface area contributed by atoms with Crippen LogP contribution < -0.4 is 0 Å². The lowest BCUT2D eigenvalue weighted by Gasteiger charge is -2.05. The average molecular weight is 256 g/mol. The van der Waals surface area contributed by atoms with Crippen LogP contribution in [0.15, 0.2) is 18.2 Å². The quantitative estimate of drug-likeness (QED) is 0.624. The molecular formula is C11H7F3N2S. The van der Waals surface area contributed by atoms with Crippen molar-refractivity contribution in [3.05, 3.63) is 46.1 Å². The Bertz CT molecular complexity index is 614. The van der Waals surface area contributed by atoms with Crippen molar-refractivity contribution >= 4 is 12.2 Å². The molecule has 0 fully saturated rings. The van der Waals surface area contributed by atoms with Crippen LogP contribution in [0.5, 0.6) is 0 Å². The van der Waals surface area contributed by atoms with Crippen molar-refractivity contribution in [1.29, 1.82) is 0 Å². The van der Waals surface area contributed by atoms with Gasteiger partial charge in [0, 0.05) is 11.3 Å². The monoisotopic (exact) mass is 256 g/mol. The first-order chi connectivity index (χ1) is 7.97. The van der Waals surface area contributed by atoms with Crippen LogP contribution in [0.1, 0.15) is 5.82 Å². The van der Waals surface area contributed by atoms with Crippen LogP contribution in [0.2, 0.25) is 0 Å². The number of aryl methyl sites for hydroxylation is 1. The van der Waals surface area contributed by atoms with E-state index in [0.29, 0.717) is 16.2 Å². The van der Waals surface area contributed by atoms with Crippen molar-refractivity contribution in [1.82, 2.24) is 9.97 Å². The van der Waals surface area contributed by atoms with Gasteiger partial charge in [0.2, 0.25) is 0 Å². The van der Waals surface area contributed by atoms with Gasteiger partial charge in [-0.15, -0.1) is 0 Å². The lowest BCUT2D eigenvalue weighted by molar-refractivity contribution is 0.447. The van der Waals surface area contributed by atoms with Crippen LogP contribution in [0, 0.1) is 29.0 Å². The van der Waals surface area contributed by atoms with E-state index in [4.69, 9.17) is 12.2 Å². The Hall–Kier alpha value is -1.69. The highest BCUT2D eigenvalue weighted by Crippen LogP contribution is 2.22. The van der Waals surface area contributed by atoms with Gasteiger partial charge in [-0.25, -0.2) is 18.2 Å². The zero-order chi connectivity index (χ0) is 12.6. The van der Waals surface area contributed by atoms with Crippen molar-refractivity contribution in [2.45, 2.75) is 6.92 Å². The van der Waals surface area contributed by atoms with Gasteiger partial charge in [-0.3, -0.25) is 0 Å². The van der Waals surface area contributed by atoms with Crippen molar-refractivity contribution in [3.8, 4) is 11.3 Å². The number of nitrogens with one attached hydrogen (secondary N) is 1. The first-order valence-electron chi connectivity index (χ1n) is 4.70. The zero-order valence-corrected chi connectivity index (χ0v) is 9.54. The van der Waals surface area contributed by atoms with Crippen LogP contribution in [0.3, 0.4) is 0 Å². The summed E-state index contributed by atoms with van der Waals surface area (Å²) in [5.74, 6) is -3.46. The van der Waals surface area contributed by atoms with Gasteiger partial charge in [-0.1, -0.05) is 12.2 Å². The van der Waals surface area contributed by atoms with Crippen LogP contribution in [0.4, 0.5) is 13.2 Å². The number of halogens is 3. The fourth-order valence-corrected chi connectivity index (χ4v) is 1.70. The molecule has 0 atom stereocenters. The third-order valence-corrected chi connectivity index (χ3v) is 2.37.